The smallest absolute Gasteiger partial charge is 0.407 e. The van der Waals surface area contributed by atoms with Gasteiger partial charge in [0.15, 0.2) is 0 Å². The molecule has 1 amide bonds. The van der Waals surface area contributed by atoms with Crippen LogP contribution in [0.3, 0.4) is 0 Å². The lowest BCUT2D eigenvalue weighted by molar-refractivity contribution is 0.141. The highest BCUT2D eigenvalue weighted by atomic mass is 32.1. The molecule has 0 spiro atoms. The second kappa shape index (κ2) is 7.85. The molecule has 108 valence electrons. The molecule has 2 rings (SSSR count). The summed E-state index contributed by atoms with van der Waals surface area (Å²) in [5, 5.41) is 5.64. The van der Waals surface area contributed by atoms with Gasteiger partial charge < -0.3 is 15.4 Å². The van der Waals surface area contributed by atoms with Crippen LogP contribution in [0, 0.1) is 0 Å². The number of nitrogens with one attached hydrogen (secondary N) is 2. The van der Waals surface area contributed by atoms with Crippen molar-refractivity contribution >= 4 is 23.3 Å². The first-order valence-corrected chi connectivity index (χ1v) is 7.41. The fourth-order valence-electron chi connectivity index (χ4n) is 2.01. The summed E-state index contributed by atoms with van der Waals surface area (Å²) >= 11 is 4.96. The first-order valence-electron chi connectivity index (χ1n) is 7.00. The van der Waals surface area contributed by atoms with Crippen molar-refractivity contribution in [1.82, 2.24) is 10.6 Å². The van der Waals surface area contributed by atoms with Gasteiger partial charge in [-0.05, 0) is 31.2 Å². The van der Waals surface area contributed by atoms with E-state index in [9.17, 15) is 4.79 Å². The van der Waals surface area contributed by atoms with Gasteiger partial charge in [-0.2, -0.15) is 0 Å². The molecule has 1 saturated heterocycles. The van der Waals surface area contributed by atoms with Crippen LogP contribution in [0.15, 0.2) is 30.3 Å². The molecule has 1 atom stereocenters. The number of hydrogen-bond acceptors (Lipinski definition) is 3. The topological polar surface area (TPSA) is 50.4 Å². The molecule has 1 aromatic rings. The summed E-state index contributed by atoms with van der Waals surface area (Å²) in [5.74, 6) is 0. The van der Waals surface area contributed by atoms with E-state index in [1.807, 2.05) is 6.07 Å². The number of amides is 1. The van der Waals surface area contributed by atoms with Gasteiger partial charge in [0, 0.05) is 6.54 Å². The Morgan fingerprint density at radius 3 is 2.75 bits per heavy atom. The van der Waals surface area contributed by atoms with Gasteiger partial charge in [-0.3, -0.25) is 0 Å². The van der Waals surface area contributed by atoms with E-state index >= 15 is 0 Å². The Morgan fingerprint density at radius 1 is 1.30 bits per heavy atom. The normalized spacial score (nSPS) is 17.0. The zero-order valence-electron chi connectivity index (χ0n) is 11.4. The average Bonchev–Trinajstić information content (AvgIpc) is 2.48. The lowest BCUT2D eigenvalue weighted by Gasteiger charge is -2.29. The van der Waals surface area contributed by atoms with E-state index in [-0.39, 0.29) is 12.1 Å². The lowest BCUT2D eigenvalue weighted by atomic mass is 10.1. The average molecular weight is 292 g/mol. The van der Waals surface area contributed by atoms with E-state index in [1.165, 1.54) is 5.56 Å². The maximum absolute atomic E-state index is 11.4. The summed E-state index contributed by atoms with van der Waals surface area (Å²) in [6.07, 6.45) is 3.78. The number of carbonyl (C=O) groups is 1. The van der Waals surface area contributed by atoms with Crippen LogP contribution in [-0.2, 0) is 11.2 Å². The number of thiocarbonyl (C=S) groups is 1. The molecule has 1 heterocycles. The van der Waals surface area contributed by atoms with Crippen molar-refractivity contribution in [3.8, 4) is 0 Å². The van der Waals surface area contributed by atoms with Crippen molar-refractivity contribution in [3.05, 3.63) is 35.9 Å². The number of unbranched alkanes of at least 4 members (excludes halogenated alkanes) is 2. The second-order valence-electron chi connectivity index (χ2n) is 4.87. The third-order valence-electron chi connectivity index (χ3n) is 3.27. The van der Waals surface area contributed by atoms with Crippen molar-refractivity contribution in [2.45, 2.75) is 31.7 Å². The number of aryl methyl sites for hydroxylation is 1. The van der Waals surface area contributed by atoms with Crippen LogP contribution < -0.4 is 10.6 Å². The Hall–Kier alpha value is -1.62. The van der Waals surface area contributed by atoms with Crippen LogP contribution in [0.5, 0.6) is 0 Å². The van der Waals surface area contributed by atoms with Gasteiger partial charge in [0.1, 0.15) is 4.99 Å². The van der Waals surface area contributed by atoms with Crippen LogP contribution >= 0.6 is 12.2 Å². The van der Waals surface area contributed by atoms with Gasteiger partial charge >= 0.3 is 6.09 Å². The summed E-state index contributed by atoms with van der Waals surface area (Å²) in [4.78, 5) is 12.1. The van der Waals surface area contributed by atoms with E-state index in [1.54, 1.807) is 0 Å². The predicted molar refractivity (Wildman–Crippen MR) is 82.9 cm³/mol. The summed E-state index contributed by atoms with van der Waals surface area (Å²) in [7, 11) is 0. The summed E-state index contributed by atoms with van der Waals surface area (Å²) in [6, 6.07) is 10.4. The molecule has 0 bridgehead atoms. The molecule has 1 fully saturated rings. The minimum atomic E-state index is -0.373. The fourth-order valence-corrected chi connectivity index (χ4v) is 2.23. The van der Waals surface area contributed by atoms with Gasteiger partial charge in [-0.25, -0.2) is 4.79 Å². The molecule has 20 heavy (non-hydrogen) atoms. The minimum Gasteiger partial charge on any atom is -0.450 e. The number of ether oxygens (including phenoxy) is 1. The van der Waals surface area contributed by atoms with Crippen molar-refractivity contribution in [2.75, 3.05) is 13.2 Å². The first kappa shape index (κ1) is 14.8. The highest BCUT2D eigenvalue weighted by Gasteiger charge is 2.25. The molecular formula is C15H20N2O2S. The van der Waals surface area contributed by atoms with E-state index in [0.717, 1.165) is 25.7 Å². The quantitative estimate of drug-likeness (QED) is 0.598. The number of carbonyl (C=O) groups excluding carboxylic acids is 1. The van der Waals surface area contributed by atoms with E-state index in [2.05, 4.69) is 34.9 Å². The van der Waals surface area contributed by atoms with Gasteiger partial charge in [0.05, 0.1) is 12.6 Å². The Morgan fingerprint density at radius 2 is 2.10 bits per heavy atom. The highest BCUT2D eigenvalue weighted by Crippen LogP contribution is 2.06. The third kappa shape index (κ3) is 4.81. The van der Waals surface area contributed by atoms with E-state index < -0.39 is 0 Å². The van der Waals surface area contributed by atoms with Crippen molar-refractivity contribution in [1.29, 1.82) is 0 Å². The summed E-state index contributed by atoms with van der Waals surface area (Å²) in [6.45, 7) is 1.17. The standard InChI is InChI=1S/C15H20N2O2S/c18-15(17-13-11-16-14(13)20)19-10-6-2-5-9-12-7-3-1-4-8-12/h1,3-4,7-8,13H,2,5-6,9-11H2,(H,16,20)(H,17,18)/t13-/m0/s1. The summed E-state index contributed by atoms with van der Waals surface area (Å²) in [5.41, 5.74) is 1.36. The molecule has 0 aromatic heterocycles. The van der Waals surface area contributed by atoms with Crippen LogP contribution in [0.2, 0.25) is 0 Å². The zero-order chi connectivity index (χ0) is 14.2. The molecule has 1 aromatic carbocycles. The second-order valence-corrected chi connectivity index (χ2v) is 5.31. The predicted octanol–water partition coefficient (Wildman–Crippen LogP) is 2.42. The first-order chi connectivity index (χ1) is 9.75. The fraction of sp³-hybridized carbons (Fsp3) is 0.467. The molecule has 1 aliphatic rings. The van der Waals surface area contributed by atoms with Crippen molar-refractivity contribution in [2.24, 2.45) is 0 Å². The molecule has 0 aliphatic carbocycles. The molecule has 2 N–H and O–H groups in total. The molecule has 0 unspecified atom stereocenters. The summed E-state index contributed by atoms with van der Waals surface area (Å²) < 4.78 is 5.11. The SMILES string of the molecule is O=C(N[C@H]1CNC1=S)OCCCCCc1ccccc1. The lowest BCUT2D eigenvalue weighted by Crippen LogP contribution is -2.60. The Bertz CT molecular complexity index is 450. The van der Waals surface area contributed by atoms with Gasteiger partial charge in [0.2, 0.25) is 0 Å². The third-order valence-corrected chi connectivity index (χ3v) is 3.70. The Kier molecular flexibility index (Phi) is 5.80. The number of alkyl carbamates (subject to hydrolysis) is 1. The molecule has 0 radical (unpaired) electrons. The largest absolute Gasteiger partial charge is 0.450 e. The van der Waals surface area contributed by atoms with Crippen LogP contribution in [0.25, 0.3) is 0 Å². The molecule has 1 aliphatic heterocycles. The maximum Gasteiger partial charge on any atom is 0.407 e. The van der Waals surface area contributed by atoms with Gasteiger partial charge in [-0.15, -0.1) is 0 Å². The van der Waals surface area contributed by atoms with Crippen LogP contribution in [0.4, 0.5) is 4.79 Å². The Labute approximate surface area is 124 Å². The van der Waals surface area contributed by atoms with Crippen molar-refractivity contribution < 1.29 is 9.53 Å². The van der Waals surface area contributed by atoms with Gasteiger partial charge in [0.25, 0.3) is 0 Å². The molecule has 4 nitrogen and oxygen atoms in total. The zero-order valence-corrected chi connectivity index (χ0v) is 12.2. The van der Waals surface area contributed by atoms with Gasteiger partial charge in [-0.1, -0.05) is 42.5 Å². The molecule has 5 heteroatoms. The van der Waals surface area contributed by atoms with E-state index in [4.69, 9.17) is 17.0 Å². The highest BCUT2D eigenvalue weighted by molar-refractivity contribution is 7.80. The van der Waals surface area contributed by atoms with Crippen LogP contribution in [-0.4, -0.2) is 30.3 Å². The Balaban J connectivity index is 1.47. The molecule has 0 saturated carbocycles. The minimum absolute atomic E-state index is 0.0458. The van der Waals surface area contributed by atoms with E-state index in [0.29, 0.717) is 18.1 Å². The number of benzene rings is 1. The number of hydrogen-bond donors (Lipinski definition) is 2. The maximum atomic E-state index is 11.4. The van der Waals surface area contributed by atoms with Crippen LogP contribution in [0.1, 0.15) is 24.8 Å². The van der Waals surface area contributed by atoms with Crippen molar-refractivity contribution in [3.63, 3.8) is 0 Å². The molecular weight excluding hydrogens is 272 g/mol. The monoisotopic (exact) mass is 292 g/mol. The number of rotatable bonds is 7.